The maximum atomic E-state index is 12.2. The molecule has 1 heterocycles. The van der Waals surface area contributed by atoms with Crippen LogP contribution >= 0.6 is 22.9 Å². The first-order valence-corrected chi connectivity index (χ1v) is 9.46. The third kappa shape index (κ3) is 4.64. The summed E-state index contributed by atoms with van der Waals surface area (Å²) in [6.45, 7) is -0.0704. The highest BCUT2D eigenvalue weighted by Crippen LogP contribution is 2.33. The molecule has 0 amide bonds. The van der Waals surface area contributed by atoms with Crippen LogP contribution in [-0.2, 0) is 11.3 Å². The number of halogens is 1. The lowest BCUT2D eigenvalue weighted by atomic mass is 10.2. The van der Waals surface area contributed by atoms with Gasteiger partial charge in [0, 0.05) is 17.0 Å². The third-order valence-corrected chi connectivity index (χ3v) is 5.17. The van der Waals surface area contributed by atoms with E-state index >= 15 is 0 Å². The van der Waals surface area contributed by atoms with Gasteiger partial charge >= 0.3 is 5.97 Å². The molecule has 1 aromatic heterocycles. The van der Waals surface area contributed by atoms with Crippen molar-refractivity contribution < 1.29 is 23.9 Å². The number of nitro benzene ring substituents is 1. The molecule has 3 rings (SSSR count). The van der Waals surface area contributed by atoms with Crippen molar-refractivity contribution in [2.75, 3.05) is 14.2 Å². The van der Waals surface area contributed by atoms with Crippen LogP contribution < -0.4 is 9.47 Å². The number of ether oxygens (including phenoxy) is 3. The number of hydrogen-bond acceptors (Lipinski definition) is 8. The van der Waals surface area contributed by atoms with Crippen LogP contribution in [-0.4, -0.2) is 30.1 Å². The van der Waals surface area contributed by atoms with Gasteiger partial charge in [-0.05, 0) is 30.3 Å². The molecule has 0 atom stereocenters. The molecule has 0 bridgehead atoms. The van der Waals surface area contributed by atoms with Gasteiger partial charge in [-0.25, -0.2) is 9.78 Å². The summed E-state index contributed by atoms with van der Waals surface area (Å²) in [6, 6.07) is 9.18. The van der Waals surface area contributed by atoms with E-state index in [2.05, 4.69) is 4.98 Å². The number of benzene rings is 2. The lowest BCUT2D eigenvalue weighted by molar-refractivity contribution is -0.384. The van der Waals surface area contributed by atoms with E-state index in [0.717, 1.165) is 16.6 Å². The van der Waals surface area contributed by atoms with E-state index in [1.54, 1.807) is 31.7 Å². The minimum absolute atomic E-state index is 0.0384. The van der Waals surface area contributed by atoms with Crippen molar-refractivity contribution in [2.45, 2.75) is 6.61 Å². The van der Waals surface area contributed by atoms with Crippen LogP contribution in [0, 0.1) is 10.1 Å². The normalized spacial score (nSPS) is 10.4. The molecule has 0 fully saturated rings. The Balaban J connectivity index is 1.70. The van der Waals surface area contributed by atoms with Crippen LogP contribution in [0.5, 0.6) is 11.5 Å². The summed E-state index contributed by atoms with van der Waals surface area (Å²) in [5.41, 5.74) is 1.07. The predicted octanol–water partition coefficient (Wildman–Crippen LogP) is 4.75. The van der Waals surface area contributed by atoms with Crippen LogP contribution in [0.3, 0.4) is 0 Å². The molecule has 0 aliphatic carbocycles. The van der Waals surface area contributed by atoms with Gasteiger partial charge in [-0.15, -0.1) is 11.3 Å². The largest absolute Gasteiger partial charge is 0.493 e. The van der Waals surface area contributed by atoms with E-state index in [0.29, 0.717) is 17.2 Å². The van der Waals surface area contributed by atoms with Crippen molar-refractivity contribution in [1.29, 1.82) is 0 Å². The highest BCUT2D eigenvalue weighted by Gasteiger charge is 2.18. The maximum Gasteiger partial charge on any atom is 0.338 e. The van der Waals surface area contributed by atoms with E-state index in [4.69, 9.17) is 25.8 Å². The van der Waals surface area contributed by atoms with E-state index < -0.39 is 10.9 Å². The fourth-order valence-corrected chi connectivity index (χ4v) is 3.47. The number of esters is 1. The molecule has 3 aromatic rings. The smallest absolute Gasteiger partial charge is 0.338 e. The monoisotopic (exact) mass is 434 g/mol. The van der Waals surface area contributed by atoms with Gasteiger partial charge in [0.25, 0.3) is 5.69 Å². The summed E-state index contributed by atoms with van der Waals surface area (Å²) in [5.74, 6) is 0.488. The molecule has 150 valence electrons. The molecule has 0 saturated carbocycles. The number of hydrogen-bond donors (Lipinski definition) is 0. The zero-order valence-electron chi connectivity index (χ0n) is 15.4. The Morgan fingerprint density at radius 1 is 1.17 bits per heavy atom. The number of thiazole rings is 1. The Labute approximate surface area is 174 Å². The van der Waals surface area contributed by atoms with Crippen LogP contribution in [0.15, 0.2) is 41.8 Å². The molecule has 0 aliphatic heterocycles. The molecule has 0 saturated heterocycles. The molecule has 29 heavy (non-hydrogen) atoms. The second-order valence-electron chi connectivity index (χ2n) is 5.71. The first-order chi connectivity index (χ1) is 13.9. The van der Waals surface area contributed by atoms with Gasteiger partial charge in [-0.2, -0.15) is 0 Å². The van der Waals surface area contributed by atoms with Crippen molar-refractivity contribution in [3.8, 4) is 22.1 Å². The minimum atomic E-state index is -0.703. The Kier molecular flexibility index (Phi) is 6.30. The number of carbonyl (C=O) groups excluding carboxylic acids is 1. The molecule has 0 N–H and O–H groups in total. The van der Waals surface area contributed by atoms with Crippen LogP contribution in [0.25, 0.3) is 10.6 Å². The first kappa shape index (κ1) is 20.6. The number of methoxy groups -OCH3 is 2. The summed E-state index contributed by atoms with van der Waals surface area (Å²) >= 11 is 7.14. The fraction of sp³-hybridized carbons (Fsp3) is 0.158. The molecule has 0 radical (unpaired) electrons. The van der Waals surface area contributed by atoms with Gasteiger partial charge < -0.3 is 14.2 Å². The highest BCUT2D eigenvalue weighted by molar-refractivity contribution is 7.13. The number of nitrogens with zero attached hydrogens (tertiary/aromatic N) is 2. The van der Waals surface area contributed by atoms with Crippen molar-refractivity contribution in [3.05, 3.63) is 68.2 Å². The second kappa shape index (κ2) is 8.89. The van der Waals surface area contributed by atoms with Crippen molar-refractivity contribution in [2.24, 2.45) is 0 Å². The summed E-state index contributed by atoms with van der Waals surface area (Å²) < 4.78 is 15.7. The molecular weight excluding hydrogens is 420 g/mol. The molecule has 0 spiro atoms. The molecule has 10 heteroatoms. The predicted molar refractivity (Wildman–Crippen MR) is 108 cm³/mol. The first-order valence-electron chi connectivity index (χ1n) is 8.20. The van der Waals surface area contributed by atoms with Gasteiger partial charge in [0.2, 0.25) is 0 Å². The summed E-state index contributed by atoms with van der Waals surface area (Å²) in [5, 5.41) is 13.4. The third-order valence-electron chi connectivity index (χ3n) is 3.91. The van der Waals surface area contributed by atoms with Gasteiger partial charge in [0.1, 0.15) is 16.6 Å². The summed E-state index contributed by atoms with van der Waals surface area (Å²) in [6.07, 6.45) is 0. The average Bonchev–Trinajstić information content (AvgIpc) is 3.20. The fourth-order valence-electron chi connectivity index (χ4n) is 2.48. The van der Waals surface area contributed by atoms with E-state index in [1.807, 2.05) is 6.07 Å². The number of rotatable bonds is 7. The summed E-state index contributed by atoms with van der Waals surface area (Å²) in [4.78, 5) is 26.9. The van der Waals surface area contributed by atoms with E-state index in [-0.39, 0.29) is 22.9 Å². The molecule has 2 aromatic carbocycles. The van der Waals surface area contributed by atoms with Gasteiger partial charge in [-0.3, -0.25) is 10.1 Å². The molecule has 8 nitrogen and oxygen atoms in total. The van der Waals surface area contributed by atoms with E-state index in [9.17, 15) is 14.9 Å². The number of aromatic nitrogens is 1. The Morgan fingerprint density at radius 2 is 1.93 bits per heavy atom. The topological polar surface area (TPSA) is 101 Å². The number of nitro groups is 1. The van der Waals surface area contributed by atoms with Crippen LogP contribution in [0.4, 0.5) is 5.69 Å². The van der Waals surface area contributed by atoms with Crippen LogP contribution in [0.1, 0.15) is 16.1 Å². The highest BCUT2D eigenvalue weighted by atomic mass is 35.5. The molecule has 0 aliphatic rings. The maximum absolute atomic E-state index is 12.2. The lowest BCUT2D eigenvalue weighted by Crippen LogP contribution is -2.06. The number of carbonyl (C=O) groups is 1. The minimum Gasteiger partial charge on any atom is -0.493 e. The SMILES string of the molecule is COc1ccc(-c2nc(COC(=O)c3ccc(Cl)c([N+](=O)[O-])c3)cs2)cc1OC. The van der Waals surface area contributed by atoms with Crippen LogP contribution in [0.2, 0.25) is 5.02 Å². The average molecular weight is 435 g/mol. The van der Waals surface area contributed by atoms with E-state index in [1.165, 1.54) is 23.5 Å². The molecule has 0 unspecified atom stereocenters. The standard InChI is InChI=1S/C19H15ClN2O6S/c1-26-16-6-4-11(8-17(16)27-2)18-21-13(10-29-18)9-28-19(23)12-3-5-14(20)15(7-12)22(24)25/h3-8,10H,9H2,1-2H3. The quantitative estimate of drug-likeness (QED) is 0.300. The zero-order valence-corrected chi connectivity index (χ0v) is 17.0. The van der Waals surface area contributed by atoms with Crippen molar-refractivity contribution >= 4 is 34.6 Å². The van der Waals surface area contributed by atoms with Gasteiger partial charge in [-0.1, -0.05) is 11.6 Å². The Morgan fingerprint density at radius 3 is 2.62 bits per heavy atom. The lowest BCUT2D eigenvalue weighted by Gasteiger charge is -2.08. The molecular formula is C19H15ClN2O6S. The van der Waals surface area contributed by atoms with Crippen molar-refractivity contribution in [3.63, 3.8) is 0 Å². The Hall–Kier alpha value is -3.17. The van der Waals surface area contributed by atoms with Gasteiger partial charge in [0.15, 0.2) is 11.5 Å². The second-order valence-corrected chi connectivity index (χ2v) is 6.98. The summed E-state index contributed by atoms with van der Waals surface area (Å²) in [7, 11) is 3.11. The Bertz CT molecular complexity index is 1070. The van der Waals surface area contributed by atoms with Gasteiger partial charge in [0.05, 0.1) is 30.4 Å². The zero-order chi connectivity index (χ0) is 21.0. The van der Waals surface area contributed by atoms with Crippen molar-refractivity contribution in [1.82, 2.24) is 4.98 Å².